The van der Waals surface area contributed by atoms with Crippen molar-refractivity contribution in [3.8, 4) is 11.5 Å². The minimum absolute atomic E-state index is 0.0676. The molecule has 0 saturated carbocycles. The van der Waals surface area contributed by atoms with Gasteiger partial charge in [0, 0.05) is 18.5 Å². The summed E-state index contributed by atoms with van der Waals surface area (Å²) in [5.41, 5.74) is 7.14. The molecule has 5 nitrogen and oxygen atoms in total. The molecule has 0 spiro atoms. The van der Waals surface area contributed by atoms with E-state index in [1.807, 2.05) is 6.07 Å². The van der Waals surface area contributed by atoms with Crippen molar-refractivity contribution in [2.45, 2.75) is 12.3 Å². The molecule has 0 fully saturated rings. The van der Waals surface area contributed by atoms with Crippen molar-refractivity contribution in [1.82, 2.24) is 0 Å². The second-order valence-corrected chi connectivity index (χ2v) is 3.94. The Kier molecular flexibility index (Phi) is 3.19. The van der Waals surface area contributed by atoms with Crippen molar-refractivity contribution in [2.24, 2.45) is 5.73 Å². The third-order valence-corrected chi connectivity index (χ3v) is 2.93. The van der Waals surface area contributed by atoms with E-state index in [1.54, 1.807) is 13.2 Å². The van der Waals surface area contributed by atoms with Gasteiger partial charge in [0.25, 0.3) is 0 Å². The highest BCUT2D eigenvalue weighted by atomic mass is 16.5. The van der Waals surface area contributed by atoms with Gasteiger partial charge >= 0.3 is 5.97 Å². The summed E-state index contributed by atoms with van der Waals surface area (Å²) in [6, 6.07) is 3.53. The van der Waals surface area contributed by atoms with Crippen LogP contribution in [0.1, 0.15) is 17.0 Å². The summed E-state index contributed by atoms with van der Waals surface area (Å²) >= 11 is 0. The van der Waals surface area contributed by atoms with Crippen LogP contribution < -0.4 is 15.2 Å². The number of hydrogen-bond donors (Lipinski definition) is 2. The summed E-state index contributed by atoms with van der Waals surface area (Å²) in [6.45, 7) is 0.674. The highest BCUT2D eigenvalue weighted by molar-refractivity contribution is 5.77. The third-order valence-electron chi connectivity index (χ3n) is 2.93. The monoisotopic (exact) mass is 237 g/mol. The second-order valence-electron chi connectivity index (χ2n) is 3.94. The Labute approximate surface area is 99.1 Å². The number of carboxylic acids is 1. The molecule has 1 atom stereocenters. The first-order valence-electron chi connectivity index (χ1n) is 5.44. The number of benzene rings is 1. The van der Waals surface area contributed by atoms with Crippen LogP contribution in [0.25, 0.3) is 0 Å². The fraction of sp³-hybridized carbons (Fsp3) is 0.417. The molecule has 92 valence electrons. The maximum absolute atomic E-state index is 11.1. The fourth-order valence-corrected chi connectivity index (χ4v) is 2.03. The summed E-state index contributed by atoms with van der Waals surface area (Å²) in [7, 11) is 1.54. The van der Waals surface area contributed by atoms with E-state index in [0.717, 1.165) is 17.7 Å². The number of carboxylic acid groups (broad SMARTS) is 1. The third kappa shape index (κ3) is 2.06. The number of ether oxygens (including phenoxy) is 2. The van der Waals surface area contributed by atoms with Gasteiger partial charge in [0.05, 0.1) is 19.6 Å². The van der Waals surface area contributed by atoms with E-state index in [2.05, 4.69) is 0 Å². The molecular formula is C12H15NO4. The molecule has 2 rings (SSSR count). The quantitative estimate of drug-likeness (QED) is 0.807. The molecule has 1 aliphatic rings. The predicted octanol–water partition coefficient (Wildman–Crippen LogP) is 0.757. The molecule has 0 aliphatic carbocycles. The van der Waals surface area contributed by atoms with Crippen LogP contribution in [0.3, 0.4) is 0 Å². The first kappa shape index (κ1) is 11.7. The molecule has 3 N–H and O–H groups in total. The molecule has 1 heterocycles. The zero-order valence-electron chi connectivity index (χ0n) is 9.60. The smallest absolute Gasteiger partial charge is 0.312 e. The molecule has 1 aromatic carbocycles. The van der Waals surface area contributed by atoms with Gasteiger partial charge in [0.1, 0.15) is 0 Å². The van der Waals surface area contributed by atoms with E-state index < -0.39 is 11.9 Å². The van der Waals surface area contributed by atoms with Gasteiger partial charge in [-0.2, -0.15) is 0 Å². The molecule has 1 aromatic rings. The minimum Gasteiger partial charge on any atom is -0.493 e. The van der Waals surface area contributed by atoms with E-state index >= 15 is 0 Å². The van der Waals surface area contributed by atoms with Crippen LogP contribution in [0, 0.1) is 0 Å². The number of rotatable bonds is 4. The Balaban J connectivity index is 2.45. The molecule has 0 bridgehead atoms. The molecule has 17 heavy (non-hydrogen) atoms. The zero-order chi connectivity index (χ0) is 12.4. The molecule has 0 radical (unpaired) electrons. The lowest BCUT2D eigenvalue weighted by Gasteiger charge is -2.14. The van der Waals surface area contributed by atoms with Crippen LogP contribution in [0.2, 0.25) is 0 Å². The average molecular weight is 237 g/mol. The highest BCUT2D eigenvalue weighted by Gasteiger charge is 2.24. The van der Waals surface area contributed by atoms with Crippen LogP contribution in [-0.4, -0.2) is 31.3 Å². The average Bonchev–Trinajstić information content (AvgIpc) is 2.76. The second kappa shape index (κ2) is 4.63. The van der Waals surface area contributed by atoms with Crippen molar-refractivity contribution >= 4 is 5.97 Å². The van der Waals surface area contributed by atoms with Crippen molar-refractivity contribution in [1.29, 1.82) is 0 Å². The molecule has 1 aliphatic heterocycles. The molecule has 0 aromatic heterocycles. The van der Waals surface area contributed by atoms with Crippen LogP contribution >= 0.6 is 0 Å². The van der Waals surface area contributed by atoms with Gasteiger partial charge in [-0.25, -0.2) is 0 Å². The van der Waals surface area contributed by atoms with E-state index in [4.69, 9.17) is 20.3 Å². The first-order valence-corrected chi connectivity index (χ1v) is 5.44. The van der Waals surface area contributed by atoms with Gasteiger partial charge in [0.15, 0.2) is 11.5 Å². The van der Waals surface area contributed by atoms with Crippen molar-refractivity contribution in [2.75, 3.05) is 20.3 Å². The summed E-state index contributed by atoms with van der Waals surface area (Å²) in [6.07, 6.45) is 0.774. The Morgan fingerprint density at radius 2 is 2.41 bits per heavy atom. The predicted molar refractivity (Wildman–Crippen MR) is 61.6 cm³/mol. The number of nitrogens with two attached hydrogens (primary N) is 1. The van der Waals surface area contributed by atoms with E-state index in [1.165, 1.54) is 0 Å². The van der Waals surface area contributed by atoms with Crippen LogP contribution in [0.15, 0.2) is 12.1 Å². The maximum atomic E-state index is 11.1. The summed E-state index contributed by atoms with van der Waals surface area (Å²) in [5, 5.41) is 9.09. The fourth-order valence-electron chi connectivity index (χ4n) is 2.03. The number of carbonyl (C=O) groups is 1. The number of methoxy groups -OCH3 is 1. The summed E-state index contributed by atoms with van der Waals surface area (Å²) in [4.78, 5) is 11.1. The lowest BCUT2D eigenvalue weighted by Crippen LogP contribution is -2.21. The normalized spacial score (nSPS) is 14.9. The Morgan fingerprint density at radius 1 is 1.65 bits per heavy atom. The van der Waals surface area contributed by atoms with E-state index in [-0.39, 0.29) is 6.54 Å². The topological polar surface area (TPSA) is 81.8 Å². The molecule has 1 unspecified atom stereocenters. The van der Waals surface area contributed by atoms with Crippen molar-refractivity contribution in [3.63, 3.8) is 0 Å². The minimum atomic E-state index is -0.923. The Morgan fingerprint density at radius 3 is 3.00 bits per heavy atom. The summed E-state index contributed by atoms with van der Waals surface area (Å²) in [5.74, 6) is -0.324. The van der Waals surface area contributed by atoms with Gasteiger partial charge in [-0.3, -0.25) is 4.79 Å². The Hall–Kier alpha value is -1.75. The highest BCUT2D eigenvalue weighted by Crippen LogP contribution is 2.38. The van der Waals surface area contributed by atoms with Gasteiger partial charge < -0.3 is 20.3 Å². The largest absolute Gasteiger partial charge is 0.493 e. The molecule has 5 heteroatoms. The van der Waals surface area contributed by atoms with E-state index in [0.29, 0.717) is 17.9 Å². The standard InChI is InChI=1S/C12H15NO4/c1-16-10-5-8(9(6-13)12(14)15)4-7-2-3-17-11(7)10/h4-5,9H,2-3,6,13H2,1H3,(H,14,15). The van der Waals surface area contributed by atoms with Crippen LogP contribution in [0.4, 0.5) is 0 Å². The van der Waals surface area contributed by atoms with Gasteiger partial charge in [-0.15, -0.1) is 0 Å². The summed E-state index contributed by atoms with van der Waals surface area (Å²) < 4.78 is 10.7. The van der Waals surface area contributed by atoms with Gasteiger partial charge in [0.2, 0.25) is 0 Å². The zero-order valence-corrected chi connectivity index (χ0v) is 9.60. The lowest BCUT2D eigenvalue weighted by molar-refractivity contribution is -0.138. The van der Waals surface area contributed by atoms with Crippen molar-refractivity contribution < 1.29 is 19.4 Å². The van der Waals surface area contributed by atoms with Gasteiger partial charge in [-0.05, 0) is 11.6 Å². The SMILES string of the molecule is COc1cc(C(CN)C(=O)O)cc2c1OCC2. The molecular weight excluding hydrogens is 222 g/mol. The molecule has 0 amide bonds. The number of hydrogen-bond acceptors (Lipinski definition) is 4. The van der Waals surface area contributed by atoms with E-state index in [9.17, 15) is 4.79 Å². The number of aliphatic carboxylic acids is 1. The number of fused-ring (bicyclic) bond motifs is 1. The Bertz CT molecular complexity index is 444. The van der Waals surface area contributed by atoms with Gasteiger partial charge in [-0.1, -0.05) is 6.07 Å². The molecule has 0 saturated heterocycles. The lowest BCUT2D eigenvalue weighted by atomic mass is 9.96. The van der Waals surface area contributed by atoms with Crippen molar-refractivity contribution in [3.05, 3.63) is 23.3 Å². The maximum Gasteiger partial charge on any atom is 0.312 e. The first-order chi connectivity index (χ1) is 8.17. The van der Waals surface area contributed by atoms with Crippen LogP contribution in [-0.2, 0) is 11.2 Å². The van der Waals surface area contributed by atoms with Crippen LogP contribution in [0.5, 0.6) is 11.5 Å².